The zero-order valence-corrected chi connectivity index (χ0v) is 20.6. The maximum absolute atomic E-state index is 13.4. The number of nitrogens with one attached hydrogen (secondary N) is 1. The van der Waals surface area contributed by atoms with Crippen LogP contribution in [0.4, 0.5) is 5.82 Å². The molecule has 11 heteroatoms. The second-order valence-corrected chi connectivity index (χ2v) is 9.51. The van der Waals surface area contributed by atoms with Gasteiger partial charge in [0.2, 0.25) is 0 Å². The first-order chi connectivity index (χ1) is 17.4. The van der Waals surface area contributed by atoms with Crippen molar-refractivity contribution < 1.29 is 0 Å². The summed E-state index contributed by atoms with van der Waals surface area (Å²) >= 11 is 12.5. The highest BCUT2D eigenvalue weighted by Gasteiger charge is 2.29. The molecule has 3 N–H and O–H groups in total. The fourth-order valence-corrected chi connectivity index (χ4v) is 5.10. The van der Waals surface area contributed by atoms with Crippen LogP contribution >= 0.6 is 23.2 Å². The van der Waals surface area contributed by atoms with E-state index in [0.29, 0.717) is 27.6 Å². The van der Waals surface area contributed by atoms with Crippen LogP contribution in [0.1, 0.15) is 29.5 Å². The normalized spacial score (nSPS) is 14.8. The van der Waals surface area contributed by atoms with Gasteiger partial charge in [-0.15, -0.1) is 5.10 Å². The van der Waals surface area contributed by atoms with Crippen molar-refractivity contribution in [2.75, 3.05) is 5.73 Å². The Balaban J connectivity index is 1.40. The molecule has 0 spiro atoms. The number of imidazole rings is 1. The van der Waals surface area contributed by atoms with Crippen molar-refractivity contribution in [2.24, 2.45) is 0 Å². The van der Waals surface area contributed by atoms with E-state index in [-0.39, 0.29) is 11.6 Å². The molecule has 1 atom stereocenters. The molecule has 5 heterocycles. The number of aromatic amines is 1. The Hall–Kier alpha value is -3.95. The molecule has 0 saturated heterocycles. The molecular weight excluding hydrogens is 499 g/mol. The SMILES string of the molecule is Cc1ccc(-n2cc(Cl)nn2)c(-c2cc3n(c(=O)c2)[C@H](c2nc(Cl)c(-c4ccc(N)nc4)[nH]2)CC3)c1. The van der Waals surface area contributed by atoms with Gasteiger partial charge in [0.25, 0.3) is 5.56 Å². The predicted molar refractivity (Wildman–Crippen MR) is 139 cm³/mol. The zero-order chi connectivity index (χ0) is 25.0. The Morgan fingerprint density at radius 1 is 1.11 bits per heavy atom. The van der Waals surface area contributed by atoms with Crippen molar-refractivity contribution >= 4 is 29.0 Å². The first kappa shape index (κ1) is 22.5. The van der Waals surface area contributed by atoms with E-state index in [1.807, 2.05) is 37.3 Å². The fraction of sp³-hybridized carbons (Fsp3) is 0.160. The molecule has 0 fully saturated rings. The van der Waals surface area contributed by atoms with E-state index in [0.717, 1.165) is 46.5 Å². The lowest BCUT2D eigenvalue weighted by molar-refractivity contribution is 0.572. The number of hydrogen-bond donors (Lipinski definition) is 2. The number of anilines is 1. The van der Waals surface area contributed by atoms with Crippen molar-refractivity contribution in [1.82, 2.24) is 34.5 Å². The van der Waals surface area contributed by atoms with E-state index in [1.165, 1.54) is 0 Å². The van der Waals surface area contributed by atoms with Crippen LogP contribution in [0.15, 0.2) is 59.7 Å². The van der Waals surface area contributed by atoms with Crippen LogP contribution in [0, 0.1) is 6.92 Å². The molecule has 1 aliphatic heterocycles. The van der Waals surface area contributed by atoms with Gasteiger partial charge in [-0.05, 0) is 55.7 Å². The van der Waals surface area contributed by atoms with Gasteiger partial charge in [0.1, 0.15) is 11.6 Å². The minimum atomic E-state index is -0.249. The van der Waals surface area contributed by atoms with Gasteiger partial charge in [0.15, 0.2) is 10.3 Å². The smallest absolute Gasteiger partial charge is 0.252 e. The van der Waals surface area contributed by atoms with Crippen LogP contribution in [0.2, 0.25) is 10.3 Å². The number of nitrogens with two attached hydrogens (primary N) is 1. The molecule has 6 rings (SSSR count). The van der Waals surface area contributed by atoms with Crippen LogP contribution in [0.5, 0.6) is 0 Å². The lowest BCUT2D eigenvalue weighted by atomic mass is 10.0. The third kappa shape index (κ3) is 3.86. The second kappa shape index (κ2) is 8.61. The maximum Gasteiger partial charge on any atom is 0.252 e. The van der Waals surface area contributed by atoms with Crippen molar-refractivity contribution in [3.63, 3.8) is 0 Å². The van der Waals surface area contributed by atoms with E-state index in [9.17, 15) is 4.79 Å². The zero-order valence-electron chi connectivity index (χ0n) is 19.1. The van der Waals surface area contributed by atoms with Crippen LogP contribution in [0.3, 0.4) is 0 Å². The summed E-state index contributed by atoms with van der Waals surface area (Å²) in [7, 11) is 0. The Labute approximate surface area is 215 Å². The molecule has 5 aromatic rings. The molecule has 1 aliphatic rings. The summed E-state index contributed by atoms with van der Waals surface area (Å²) in [5, 5.41) is 8.61. The topological polar surface area (TPSA) is 120 Å². The van der Waals surface area contributed by atoms with Gasteiger partial charge < -0.3 is 15.3 Å². The summed E-state index contributed by atoms with van der Waals surface area (Å²) in [4.78, 5) is 25.4. The molecule has 0 amide bonds. The molecule has 0 aliphatic carbocycles. The lowest BCUT2D eigenvalue weighted by Gasteiger charge is -2.15. The summed E-state index contributed by atoms with van der Waals surface area (Å²) in [6.07, 6.45) is 4.73. The van der Waals surface area contributed by atoms with E-state index in [1.54, 1.807) is 33.8 Å². The van der Waals surface area contributed by atoms with Gasteiger partial charge in [-0.3, -0.25) is 4.79 Å². The Morgan fingerprint density at radius 2 is 1.97 bits per heavy atom. The molecule has 4 aromatic heterocycles. The molecule has 0 unspecified atom stereocenters. The third-order valence-corrected chi connectivity index (χ3v) is 6.82. The van der Waals surface area contributed by atoms with E-state index in [2.05, 4.69) is 25.3 Å². The minimum absolute atomic E-state index is 0.114. The average Bonchev–Trinajstić information content (AvgIpc) is 3.58. The number of rotatable bonds is 4. The standard InChI is InChI=1S/C25H20Cl2N8O/c1-13-2-5-18(34-12-20(26)32-33-34)17(8-13)15-9-16-4-6-19(35(16)22(36)10-15)25-30-23(24(27)31-25)14-3-7-21(28)29-11-14/h2-3,5,7-12,19H,4,6H2,1H3,(H2,28,29)(H,30,31)/t19-/m0/s1. The first-order valence-electron chi connectivity index (χ1n) is 11.3. The number of hydrogen-bond acceptors (Lipinski definition) is 6. The average molecular weight is 519 g/mol. The molecule has 0 saturated carbocycles. The number of pyridine rings is 2. The lowest BCUT2D eigenvalue weighted by Crippen LogP contribution is -2.24. The first-order valence-corrected chi connectivity index (χ1v) is 12.0. The highest BCUT2D eigenvalue weighted by molar-refractivity contribution is 6.31. The van der Waals surface area contributed by atoms with E-state index < -0.39 is 0 Å². The van der Waals surface area contributed by atoms with Gasteiger partial charge in [0, 0.05) is 29.1 Å². The van der Waals surface area contributed by atoms with Crippen LogP contribution in [0.25, 0.3) is 28.1 Å². The number of aryl methyl sites for hydroxylation is 2. The maximum atomic E-state index is 13.4. The quantitative estimate of drug-likeness (QED) is 0.358. The Bertz CT molecular complexity index is 1670. The van der Waals surface area contributed by atoms with Crippen LogP contribution in [-0.4, -0.2) is 34.5 Å². The summed E-state index contributed by atoms with van der Waals surface area (Å²) < 4.78 is 3.40. The van der Waals surface area contributed by atoms with Gasteiger partial charge in [-0.2, -0.15) is 0 Å². The molecule has 9 nitrogen and oxygen atoms in total. The van der Waals surface area contributed by atoms with Gasteiger partial charge >= 0.3 is 0 Å². The van der Waals surface area contributed by atoms with E-state index in [4.69, 9.17) is 28.9 Å². The number of fused-ring (bicyclic) bond motifs is 1. The largest absolute Gasteiger partial charge is 0.384 e. The van der Waals surface area contributed by atoms with E-state index >= 15 is 0 Å². The molecule has 36 heavy (non-hydrogen) atoms. The highest BCUT2D eigenvalue weighted by Crippen LogP contribution is 2.35. The van der Waals surface area contributed by atoms with Gasteiger partial charge in [0.05, 0.1) is 23.6 Å². The molecule has 0 radical (unpaired) electrons. The predicted octanol–water partition coefficient (Wildman–Crippen LogP) is 4.61. The van der Waals surface area contributed by atoms with Gasteiger partial charge in [-0.1, -0.05) is 40.0 Å². The fourth-order valence-electron chi connectivity index (χ4n) is 4.72. The molecule has 0 bridgehead atoms. The van der Waals surface area contributed by atoms with Crippen molar-refractivity contribution in [1.29, 1.82) is 0 Å². The van der Waals surface area contributed by atoms with Crippen molar-refractivity contribution in [2.45, 2.75) is 25.8 Å². The number of nitrogen functional groups attached to an aromatic ring is 1. The summed E-state index contributed by atoms with van der Waals surface area (Å²) in [5.74, 6) is 1.05. The third-order valence-electron chi connectivity index (χ3n) is 6.38. The number of aromatic nitrogens is 7. The molecular formula is C25H20Cl2N8O. The number of nitrogens with zero attached hydrogens (tertiary/aromatic N) is 6. The minimum Gasteiger partial charge on any atom is -0.384 e. The summed E-state index contributed by atoms with van der Waals surface area (Å²) in [6, 6.07) is 12.9. The van der Waals surface area contributed by atoms with Gasteiger partial charge in [-0.25, -0.2) is 14.6 Å². The Kier molecular flexibility index (Phi) is 5.39. The van der Waals surface area contributed by atoms with Crippen LogP contribution in [-0.2, 0) is 6.42 Å². The molecule has 180 valence electrons. The molecule has 1 aromatic carbocycles. The van der Waals surface area contributed by atoms with Crippen molar-refractivity contribution in [3.05, 3.63) is 92.6 Å². The monoisotopic (exact) mass is 518 g/mol. The number of benzene rings is 1. The second-order valence-electron chi connectivity index (χ2n) is 8.76. The Morgan fingerprint density at radius 3 is 2.72 bits per heavy atom. The van der Waals surface area contributed by atoms with Crippen molar-refractivity contribution in [3.8, 4) is 28.1 Å². The highest BCUT2D eigenvalue weighted by atomic mass is 35.5. The number of halogens is 2. The summed E-state index contributed by atoms with van der Waals surface area (Å²) in [5.41, 5.74) is 11.5. The number of H-pyrrole nitrogens is 1. The summed E-state index contributed by atoms with van der Waals surface area (Å²) in [6.45, 7) is 2.01. The van der Waals surface area contributed by atoms with Crippen LogP contribution < -0.4 is 11.3 Å².